The van der Waals surface area contributed by atoms with E-state index in [0.29, 0.717) is 0 Å². The summed E-state index contributed by atoms with van der Waals surface area (Å²) >= 11 is 1.12. The zero-order valence-electron chi connectivity index (χ0n) is 21.1. The highest BCUT2D eigenvalue weighted by atomic mass is 32.2. The van der Waals surface area contributed by atoms with E-state index in [9.17, 15) is 23.1 Å². The van der Waals surface area contributed by atoms with Crippen LogP contribution in [-0.4, -0.2) is 83.4 Å². The molecule has 4 rings (SSSR count). The van der Waals surface area contributed by atoms with Gasteiger partial charge >= 0.3 is 0 Å². The third-order valence-corrected chi connectivity index (χ3v) is 9.53. The molecule has 0 bridgehead atoms. The molecule has 2 N–H and O–H groups in total. The molecule has 0 aliphatic carbocycles. The van der Waals surface area contributed by atoms with Gasteiger partial charge < -0.3 is 20.1 Å². The maximum atomic E-state index is 13.6. The summed E-state index contributed by atoms with van der Waals surface area (Å²) in [5, 5.41) is 14.3. The molecular formula is C25H29N5O6S2. The van der Waals surface area contributed by atoms with Crippen LogP contribution in [0, 0.1) is 5.92 Å². The minimum absolute atomic E-state index is 0.0111. The van der Waals surface area contributed by atoms with Gasteiger partial charge in [-0.1, -0.05) is 19.1 Å². The van der Waals surface area contributed by atoms with Crippen LogP contribution in [0.4, 0.5) is 5.69 Å². The molecule has 2 amide bonds. The molecule has 3 heterocycles. The highest BCUT2D eigenvalue weighted by Gasteiger charge is 2.36. The van der Waals surface area contributed by atoms with Crippen molar-refractivity contribution in [2.24, 2.45) is 5.92 Å². The number of hydrogen-bond acceptors (Lipinski definition) is 9. The van der Waals surface area contributed by atoms with Crippen LogP contribution in [0.15, 0.2) is 58.5 Å². The van der Waals surface area contributed by atoms with Crippen LogP contribution >= 0.6 is 11.3 Å². The Morgan fingerprint density at radius 2 is 2.11 bits per heavy atom. The molecule has 38 heavy (non-hydrogen) atoms. The van der Waals surface area contributed by atoms with Gasteiger partial charge in [-0.15, -0.1) is 11.3 Å². The maximum absolute atomic E-state index is 13.6. The Morgan fingerprint density at radius 1 is 1.32 bits per heavy atom. The van der Waals surface area contributed by atoms with Crippen molar-refractivity contribution in [3.8, 4) is 5.75 Å². The molecule has 11 nitrogen and oxygen atoms in total. The topological polar surface area (TPSA) is 142 Å². The standard InChI is InChI=1S/C25H29N5O6S2/c1-16-13-30(17(2)15-31)25(33)18-6-4-7-19(28-24(32)20-12-26-9-10-27-20)23(18)36-21(16)14-29(3)38(34,35)22-8-5-11-37-22/h4-12,16-17,21,31H,13-15H2,1-3H3,(H,28,32)/t16-,17+,21+/m1/s1. The average molecular weight is 560 g/mol. The summed E-state index contributed by atoms with van der Waals surface area (Å²) in [4.78, 5) is 35.9. The smallest absolute Gasteiger partial charge is 0.275 e. The number of likely N-dealkylation sites (N-methyl/N-ethyl adjacent to an activating group) is 1. The molecule has 0 radical (unpaired) electrons. The van der Waals surface area contributed by atoms with Crippen molar-refractivity contribution in [1.29, 1.82) is 0 Å². The lowest BCUT2D eigenvalue weighted by molar-refractivity contribution is 0.0388. The molecule has 0 fully saturated rings. The molecular weight excluding hydrogens is 530 g/mol. The Balaban J connectivity index is 1.73. The van der Waals surface area contributed by atoms with E-state index in [1.54, 1.807) is 41.5 Å². The molecule has 13 heteroatoms. The number of hydrogen-bond donors (Lipinski definition) is 2. The van der Waals surface area contributed by atoms with Gasteiger partial charge in [-0.25, -0.2) is 13.4 Å². The Hall–Kier alpha value is -3.39. The number of carbonyl (C=O) groups is 2. The monoisotopic (exact) mass is 559 g/mol. The third kappa shape index (κ3) is 5.70. The SMILES string of the molecule is C[C@@H]1CN([C@@H](C)CO)C(=O)c2cccc(NC(=O)c3cnccn3)c2O[C@H]1CN(C)S(=O)(=O)c1cccs1. The highest BCUT2D eigenvalue weighted by Crippen LogP contribution is 2.35. The lowest BCUT2D eigenvalue weighted by atomic mass is 9.99. The highest BCUT2D eigenvalue weighted by molar-refractivity contribution is 7.91. The second-order valence-corrected chi connectivity index (χ2v) is 12.3. The third-order valence-electron chi connectivity index (χ3n) is 6.33. The minimum atomic E-state index is -3.76. The summed E-state index contributed by atoms with van der Waals surface area (Å²) in [6.07, 6.45) is 3.46. The fraction of sp³-hybridized carbons (Fsp3) is 0.360. The number of aromatic nitrogens is 2. The van der Waals surface area contributed by atoms with E-state index in [-0.39, 0.29) is 58.4 Å². The number of ether oxygens (including phenoxy) is 1. The number of thiophene rings is 1. The molecule has 1 aliphatic heterocycles. The largest absolute Gasteiger partial charge is 0.486 e. The number of fused-ring (bicyclic) bond motifs is 1. The molecule has 0 unspecified atom stereocenters. The van der Waals surface area contributed by atoms with Crippen molar-refractivity contribution in [1.82, 2.24) is 19.2 Å². The van der Waals surface area contributed by atoms with Crippen LogP contribution in [0.1, 0.15) is 34.7 Å². The number of sulfonamides is 1. The predicted octanol–water partition coefficient (Wildman–Crippen LogP) is 2.33. The first-order valence-electron chi connectivity index (χ1n) is 11.9. The molecule has 2 aromatic heterocycles. The van der Waals surface area contributed by atoms with Crippen LogP contribution < -0.4 is 10.1 Å². The van der Waals surface area contributed by atoms with Gasteiger partial charge in [0, 0.05) is 31.9 Å². The molecule has 1 aromatic carbocycles. The summed E-state index contributed by atoms with van der Waals surface area (Å²) in [6.45, 7) is 3.55. The van der Waals surface area contributed by atoms with Crippen molar-refractivity contribution in [2.45, 2.75) is 30.2 Å². The number of anilines is 1. The van der Waals surface area contributed by atoms with Gasteiger partial charge in [0.05, 0.1) is 36.6 Å². The lowest BCUT2D eigenvalue weighted by Crippen LogP contribution is -2.50. The number of nitrogens with zero attached hydrogens (tertiary/aromatic N) is 4. The van der Waals surface area contributed by atoms with Gasteiger partial charge in [0.15, 0.2) is 5.75 Å². The number of carbonyl (C=O) groups excluding carboxylic acids is 2. The summed E-state index contributed by atoms with van der Waals surface area (Å²) < 4.78 is 34.1. The quantitative estimate of drug-likeness (QED) is 0.428. The van der Waals surface area contributed by atoms with Gasteiger partial charge in [-0.3, -0.25) is 14.6 Å². The van der Waals surface area contributed by atoms with Crippen LogP contribution in [-0.2, 0) is 10.0 Å². The fourth-order valence-electron chi connectivity index (χ4n) is 4.08. The van der Waals surface area contributed by atoms with Crippen molar-refractivity contribution < 1.29 is 27.9 Å². The Bertz CT molecular complexity index is 1380. The summed E-state index contributed by atoms with van der Waals surface area (Å²) in [5.74, 6) is -1.14. The first-order valence-corrected chi connectivity index (χ1v) is 14.2. The van der Waals surface area contributed by atoms with E-state index >= 15 is 0 Å². The molecule has 0 saturated heterocycles. The average Bonchev–Trinajstić information content (AvgIpc) is 3.47. The van der Waals surface area contributed by atoms with E-state index < -0.39 is 28.1 Å². The van der Waals surface area contributed by atoms with Crippen molar-refractivity contribution >= 4 is 38.9 Å². The molecule has 3 aromatic rings. The number of benzene rings is 1. The molecule has 0 spiro atoms. The Labute approximate surface area is 225 Å². The lowest BCUT2D eigenvalue weighted by Gasteiger charge is -2.38. The van der Waals surface area contributed by atoms with E-state index in [1.807, 2.05) is 6.92 Å². The van der Waals surface area contributed by atoms with Crippen LogP contribution in [0.5, 0.6) is 5.75 Å². The van der Waals surface area contributed by atoms with E-state index in [2.05, 4.69) is 15.3 Å². The molecule has 0 saturated carbocycles. The number of aliphatic hydroxyl groups is 1. The number of amides is 2. The van der Waals surface area contributed by atoms with Gasteiger partial charge in [0.2, 0.25) is 0 Å². The van der Waals surface area contributed by atoms with Gasteiger partial charge in [0.1, 0.15) is 16.0 Å². The van der Waals surface area contributed by atoms with E-state index in [4.69, 9.17) is 4.74 Å². The van der Waals surface area contributed by atoms with Crippen molar-refractivity contribution in [3.63, 3.8) is 0 Å². The number of aliphatic hydroxyl groups excluding tert-OH is 1. The second kappa shape index (κ2) is 11.6. The normalized spacial score (nSPS) is 18.8. The molecule has 1 aliphatic rings. The van der Waals surface area contributed by atoms with Crippen LogP contribution in [0.3, 0.4) is 0 Å². The van der Waals surface area contributed by atoms with Gasteiger partial charge in [-0.2, -0.15) is 4.31 Å². The van der Waals surface area contributed by atoms with Crippen LogP contribution in [0.2, 0.25) is 0 Å². The first kappa shape index (κ1) is 27.6. The number of rotatable bonds is 8. The Morgan fingerprint density at radius 3 is 2.76 bits per heavy atom. The summed E-state index contributed by atoms with van der Waals surface area (Å²) in [6, 6.07) is 7.49. The van der Waals surface area contributed by atoms with Crippen molar-refractivity contribution in [2.75, 3.05) is 32.1 Å². The first-order chi connectivity index (χ1) is 18.1. The summed E-state index contributed by atoms with van der Waals surface area (Å²) in [5.41, 5.74) is 0.485. The summed E-state index contributed by atoms with van der Waals surface area (Å²) in [7, 11) is -2.28. The number of nitrogens with one attached hydrogen (secondary N) is 1. The predicted molar refractivity (Wildman–Crippen MR) is 142 cm³/mol. The zero-order chi connectivity index (χ0) is 27.4. The fourth-order valence-corrected chi connectivity index (χ4v) is 6.46. The molecule has 3 atom stereocenters. The minimum Gasteiger partial charge on any atom is -0.486 e. The van der Waals surface area contributed by atoms with E-state index in [1.165, 1.54) is 36.0 Å². The van der Waals surface area contributed by atoms with Crippen molar-refractivity contribution in [3.05, 3.63) is 65.6 Å². The van der Waals surface area contributed by atoms with E-state index in [0.717, 1.165) is 11.3 Å². The van der Waals surface area contributed by atoms with Gasteiger partial charge in [0.25, 0.3) is 21.8 Å². The van der Waals surface area contributed by atoms with Gasteiger partial charge in [-0.05, 0) is 30.5 Å². The zero-order valence-corrected chi connectivity index (χ0v) is 22.8. The Kier molecular flexibility index (Phi) is 8.41. The second-order valence-electron chi connectivity index (χ2n) is 9.07. The molecule has 202 valence electrons. The maximum Gasteiger partial charge on any atom is 0.275 e. The van der Waals surface area contributed by atoms with Crippen LogP contribution in [0.25, 0.3) is 0 Å². The number of para-hydroxylation sites is 1.